The SMILES string of the molecule is COc1ccc(NC(=O)CN2CCC(Cn3ccnc3C(C)C)CC2)cc1OC. The number of benzene rings is 1. The van der Waals surface area contributed by atoms with Crippen LogP contribution >= 0.6 is 0 Å². The maximum Gasteiger partial charge on any atom is 0.238 e. The van der Waals surface area contributed by atoms with Crippen molar-refractivity contribution in [2.45, 2.75) is 39.2 Å². The van der Waals surface area contributed by atoms with Crippen molar-refractivity contribution in [3.05, 3.63) is 36.4 Å². The van der Waals surface area contributed by atoms with Gasteiger partial charge in [0.25, 0.3) is 0 Å². The van der Waals surface area contributed by atoms with Gasteiger partial charge in [-0.2, -0.15) is 0 Å². The first-order chi connectivity index (χ1) is 14.0. The molecule has 1 aliphatic rings. The van der Waals surface area contributed by atoms with Gasteiger partial charge in [-0.15, -0.1) is 0 Å². The maximum atomic E-state index is 12.5. The number of hydrogen-bond donors (Lipinski definition) is 1. The number of piperidine rings is 1. The standard InChI is InChI=1S/C22H32N4O3/c1-16(2)22-23-9-12-26(22)14-17-7-10-25(11-8-17)15-21(27)24-18-5-6-19(28-3)20(13-18)29-4/h5-6,9,12-13,16-17H,7-8,10-11,14-15H2,1-4H3,(H,24,27). The average molecular weight is 401 g/mol. The Morgan fingerprint density at radius 2 is 1.93 bits per heavy atom. The minimum absolute atomic E-state index is 0.00706. The Morgan fingerprint density at radius 3 is 2.59 bits per heavy atom. The molecule has 0 unspecified atom stereocenters. The molecule has 0 aliphatic carbocycles. The normalized spacial score (nSPS) is 15.5. The third-order valence-electron chi connectivity index (χ3n) is 5.46. The molecule has 7 nitrogen and oxygen atoms in total. The predicted octanol–water partition coefficient (Wildman–Crippen LogP) is 3.37. The molecule has 158 valence electrons. The molecule has 1 fully saturated rings. The van der Waals surface area contributed by atoms with Crippen LogP contribution in [0.5, 0.6) is 11.5 Å². The van der Waals surface area contributed by atoms with Crippen molar-refractivity contribution in [2.75, 3.05) is 39.2 Å². The summed E-state index contributed by atoms with van der Waals surface area (Å²) in [5.41, 5.74) is 0.712. The first-order valence-corrected chi connectivity index (χ1v) is 10.3. The van der Waals surface area contributed by atoms with Gasteiger partial charge in [0.15, 0.2) is 11.5 Å². The van der Waals surface area contributed by atoms with Crippen LogP contribution in [0, 0.1) is 5.92 Å². The van der Waals surface area contributed by atoms with Crippen LogP contribution in [0.4, 0.5) is 5.69 Å². The molecular formula is C22H32N4O3. The quantitative estimate of drug-likeness (QED) is 0.736. The monoisotopic (exact) mass is 400 g/mol. The summed E-state index contributed by atoms with van der Waals surface area (Å²) in [6, 6.07) is 5.39. The van der Waals surface area contributed by atoms with Crippen molar-refractivity contribution < 1.29 is 14.3 Å². The van der Waals surface area contributed by atoms with Gasteiger partial charge in [-0.1, -0.05) is 13.8 Å². The van der Waals surface area contributed by atoms with Crippen LogP contribution < -0.4 is 14.8 Å². The Bertz CT molecular complexity index is 810. The van der Waals surface area contributed by atoms with Crippen LogP contribution in [0.2, 0.25) is 0 Å². The lowest BCUT2D eigenvalue weighted by atomic mass is 9.96. The highest BCUT2D eigenvalue weighted by Gasteiger charge is 2.22. The molecule has 0 spiro atoms. The molecule has 0 radical (unpaired) electrons. The van der Waals surface area contributed by atoms with Crippen LogP contribution in [-0.2, 0) is 11.3 Å². The molecule has 0 bridgehead atoms. The number of amides is 1. The maximum absolute atomic E-state index is 12.5. The second kappa shape index (κ2) is 9.78. The summed E-state index contributed by atoms with van der Waals surface area (Å²) < 4.78 is 12.8. The molecule has 0 saturated carbocycles. The minimum Gasteiger partial charge on any atom is -0.493 e. The van der Waals surface area contributed by atoms with Gasteiger partial charge in [0.2, 0.25) is 5.91 Å². The van der Waals surface area contributed by atoms with Crippen LogP contribution in [0.1, 0.15) is 38.4 Å². The van der Waals surface area contributed by atoms with E-state index in [0.717, 1.165) is 38.3 Å². The molecular weight excluding hydrogens is 368 g/mol. The topological polar surface area (TPSA) is 68.6 Å². The first-order valence-electron chi connectivity index (χ1n) is 10.3. The highest BCUT2D eigenvalue weighted by molar-refractivity contribution is 5.92. The summed E-state index contributed by atoms with van der Waals surface area (Å²) in [4.78, 5) is 19.2. The fraction of sp³-hybridized carbons (Fsp3) is 0.545. The van der Waals surface area contributed by atoms with Crippen LogP contribution in [-0.4, -0.2) is 54.2 Å². The summed E-state index contributed by atoms with van der Waals surface area (Å²) in [7, 11) is 3.18. The molecule has 29 heavy (non-hydrogen) atoms. The third-order valence-corrected chi connectivity index (χ3v) is 5.46. The first kappa shape index (κ1) is 21.2. The van der Waals surface area contributed by atoms with Gasteiger partial charge in [-0.3, -0.25) is 9.69 Å². The highest BCUT2D eigenvalue weighted by Crippen LogP contribution is 2.29. The van der Waals surface area contributed by atoms with E-state index < -0.39 is 0 Å². The lowest BCUT2D eigenvalue weighted by Gasteiger charge is -2.32. The number of methoxy groups -OCH3 is 2. The van der Waals surface area contributed by atoms with Crippen molar-refractivity contribution in [3.8, 4) is 11.5 Å². The van der Waals surface area contributed by atoms with Crippen LogP contribution in [0.15, 0.2) is 30.6 Å². The van der Waals surface area contributed by atoms with Crippen LogP contribution in [0.3, 0.4) is 0 Å². The second-order valence-corrected chi connectivity index (χ2v) is 7.93. The van der Waals surface area contributed by atoms with Crippen LogP contribution in [0.25, 0.3) is 0 Å². The van der Waals surface area contributed by atoms with E-state index in [1.807, 2.05) is 12.3 Å². The predicted molar refractivity (Wildman–Crippen MR) is 114 cm³/mol. The molecule has 1 aromatic carbocycles. The molecule has 1 aromatic heterocycles. The fourth-order valence-corrected chi connectivity index (χ4v) is 3.90. The van der Waals surface area contributed by atoms with Crippen molar-refractivity contribution in [1.29, 1.82) is 0 Å². The molecule has 0 atom stereocenters. The van der Waals surface area contributed by atoms with E-state index in [4.69, 9.17) is 9.47 Å². The largest absolute Gasteiger partial charge is 0.493 e. The minimum atomic E-state index is -0.00706. The van der Waals surface area contributed by atoms with Crippen molar-refractivity contribution in [2.24, 2.45) is 5.92 Å². The van der Waals surface area contributed by atoms with E-state index in [2.05, 4.69) is 39.8 Å². The number of aromatic nitrogens is 2. The summed E-state index contributed by atoms with van der Waals surface area (Å²) in [5, 5.41) is 2.95. The van der Waals surface area contributed by atoms with E-state index in [9.17, 15) is 4.79 Å². The molecule has 1 N–H and O–H groups in total. The van der Waals surface area contributed by atoms with Gasteiger partial charge in [0, 0.05) is 36.6 Å². The number of nitrogens with zero attached hydrogens (tertiary/aromatic N) is 3. The van der Waals surface area contributed by atoms with Gasteiger partial charge in [-0.05, 0) is 44.0 Å². The Morgan fingerprint density at radius 1 is 1.21 bits per heavy atom. The number of imidazole rings is 1. The molecule has 2 aromatic rings. The van der Waals surface area contributed by atoms with E-state index in [0.29, 0.717) is 35.6 Å². The van der Waals surface area contributed by atoms with Crippen molar-refractivity contribution >= 4 is 11.6 Å². The smallest absolute Gasteiger partial charge is 0.238 e. The Labute approximate surface area is 173 Å². The van der Waals surface area contributed by atoms with Crippen molar-refractivity contribution in [3.63, 3.8) is 0 Å². The molecule has 1 aliphatic heterocycles. The zero-order chi connectivity index (χ0) is 20.8. The van der Waals surface area contributed by atoms with E-state index in [-0.39, 0.29) is 5.91 Å². The molecule has 1 amide bonds. The number of rotatable bonds is 8. The summed E-state index contributed by atoms with van der Waals surface area (Å²) in [5.74, 6) is 3.46. The molecule has 2 heterocycles. The summed E-state index contributed by atoms with van der Waals surface area (Å²) >= 11 is 0. The summed E-state index contributed by atoms with van der Waals surface area (Å²) in [6.45, 7) is 7.66. The van der Waals surface area contributed by atoms with Gasteiger partial charge < -0.3 is 19.4 Å². The lowest BCUT2D eigenvalue weighted by molar-refractivity contribution is -0.117. The van der Waals surface area contributed by atoms with Gasteiger partial charge >= 0.3 is 0 Å². The third kappa shape index (κ3) is 5.50. The Kier molecular flexibility index (Phi) is 7.14. The second-order valence-electron chi connectivity index (χ2n) is 7.93. The van der Waals surface area contributed by atoms with E-state index >= 15 is 0 Å². The number of hydrogen-bond acceptors (Lipinski definition) is 5. The Hall–Kier alpha value is -2.54. The average Bonchev–Trinajstić information content (AvgIpc) is 3.17. The Balaban J connectivity index is 1.47. The number of ether oxygens (including phenoxy) is 2. The molecule has 3 rings (SSSR count). The van der Waals surface area contributed by atoms with Gasteiger partial charge in [0.1, 0.15) is 5.82 Å². The summed E-state index contributed by atoms with van der Waals surface area (Å²) in [6.07, 6.45) is 6.17. The number of nitrogens with one attached hydrogen (secondary N) is 1. The molecule has 1 saturated heterocycles. The number of likely N-dealkylation sites (tertiary alicyclic amines) is 1. The van der Waals surface area contributed by atoms with Crippen molar-refractivity contribution in [1.82, 2.24) is 14.5 Å². The van der Waals surface area contributed by atoms with Gasteiger partial charge in [-0.25, -0.2) is 4.98 Å². The highest BCUT2D eigenvalue weighted by atomic mass is 16.5. The van der Waals surface area contributed by atoms with Gasteiger partial charge in [0.05, 0.1) is 20.8 Å². The lowest BCUT2D eigenvalue weighted by Crippen LogP contribution is -2.40. The fourth-order valence-electron chi connectivity index (χ4n) is 3.90. The number of anilines is 1. The van der Waals surface area contributed by atoms with E-state index in [1.165, 1.54) is 0 Å². The number of carbonyl (C=O) groups excluding carboxylic acids is 1. The number of carbonyl (C=O) groups is 1. The molecule has 7 heteroatoms. The zero-order valence-electron chi connectivity index (χ0n) is 17.9. The zero-order valence-corrected chi connectivity index (χ0v) is 17.9. The van der Waals surface area contributed by atoms with E-state index in [1.54, 1.807) is 26.4 Å².